The highest BCUT2D eigenvalue weighted by atomic mass is 32.2. The van der Waals surface area contributed by atoms with Crippen molar-refractivity contribution in [3.05, 3.63) is 47.0 Å². The number of carbonyl (C=O) groups excluding carboxylic acids is 2. The molecule has 10 heteroatoms. The Balaban J connectivity index is 1.29. The number of ether oxygens (including phenoxy) is 1. The summed E-state index contributed by atoms with van der Waals surface area (Å²) in [5, 5.41) is 12.3. The van der Waals surface area contributed by atoms with Crippen molar-refractivity contribution in [3.63, 3.8) is 0 Å². The molecule has 4 rings (SSSR count). The van der Waals surface area contributed by atoms with Gasteiger partial charge in [0.05, 0.1) is 23.7 Å². The molecule has 1 amide bonds. The molecule has 0 aliphatic carbocycles. The molecule has 1 aliphatic heterocycles. The zero-order valence-electron chi connectivity index (χ0n) is 19.2. The summed E-state index contributed by atoms with van der Waals surface area (Å²) in [6, 6.07) is 12.2. The van der Waals surface area contributed by atoms with Gasteiger partial charge in [0.25, 0.3) is 0 Å². The molecule has 0 saturated carbocycles. The first-order valence-corrected chi connectivity index (χ1v) is 13.1. The van der Waals surface area contributed by atoms with E-state index < -0.39 is 5.97 Å². The van der Waals surface area contributed by atoms with Crippen LogP contribution < -0.4 is 10.2 Å². The van der Waals surface area contributed by atoms with Gasteiger partial charge in [0.2, 0.25) is 5.91 Å². The predicted octanol–water partition coefficient (Wildman–Crippen LogP) is 4.81. The van der Waals surface area contributed by atoms with Crippen LogP contribution in [0.15, 0.2) is 41.4 Å². The van der Waals surface area contributed by atoms with Crippen molar-refractivity contribution >= 4 is 45.8 Å². The van der Waals surface area contributed by atoms with Crippen LogP contribution in [0, 0.1) is 6.92 Å². The van der Waals surface area contributed by atoms with Gasteiger partial charge in [-0.3, -0.25) is 4.79 Å². The SMILES string of the molecule is CCOC(=O)c1sc(NC(=O)CSc2ccc(-c3ccc(N4CCCCC4)cc3)nn2)nc1C. The first kappa shape index (κ1) is 24.2. The fourth-order valence-corrected chi connectivity index (χ4v) is 5.17. The van der Waals surface area contributed by atoms with Crippen LogP contribution in [0.3, 0.4) is 0 Å². The van der Waals surface area contributed by atoms with Crippen molar-refractivity contribution in [2.75, 3.05) is 35.7 Å². The van der Waals surface area contributed by atoms with Gasteiger partial charge in [-0.05, 0) is 57.4 Å². The van der Waals surface area contributed by atoms with E-state index in [4.69, 9.17) is 4.74 Å². The van der Waals surface area contributed by atoms with E-state index >= 15 is 0 Å². The van der Waals surface area contributed by atoms with Crippen LogP contribution >= 0.6 is 23.1 Å². The molecule has 1 aliphatic rings. The number of aromatic nitrogens is 3. The third kappa shape index (κ3) is 6.12. The van der Waals surface area contributed by atoms with Crippen LogP contribution in [-0.4, -0.2) is 52.5 Å². The molecule has 1 fully saturated rings. The molecule has 1 aromatic carbocycles. The van der Waals surface area contributed by atoms with Crippen molar-refractivity contribution < 1.29 is 14.3 Å². The third-order valence-electron chi connectivity index (χ3n) is 5.38. The van der Waals surface area contributed by atoms with Crippen molar-refractivity contribution in [2.24, 2.45) is 0 Å². The second-order valence-electron chi connectivity index (χ2n) is 7.84. The van der Waals surface area contributed by atoms with Gasteiger partial charge in [-0.15, -0.1) is 10.2 Å². The molecule has 0 radical (unpaired) electrons. The van der Waals surface area contributed by atoms with Crippen molar-refractivity contribution in [2.45, 2.75) is 38.1 Å². The Morgan fingerprint density at radius 2 is 1.85 bits per heavy atom. The maximum absolute atomic E-state index is 12.3. The number of thioether (sulfide) groups is 1. The van der Waals surface area contributed by atoms with E-state index in [2.05, 4.69) is 49.7 Å². The molecule has 8 nitrogen and oxygen atoms in total. The molecule has 1 saturated heterocycles. The van der Waals surface area contributed by atoms with Gasteiger partial charge < -0.3 is 15.0 Å². The summed E-state index contributed by atoms with van der Waals surface area (Å²) in [7, 11) is 0. The number of amides is 1. The molecule has 0 bridgehead atoms. The van der Waals surface area contributed by atoms with E-state index in [1.54, 1.807) is 13.8 Å². The minimum absolute atomic E-state index is 0.159. The Labute approximate surface area is 207 Å². The summed E-state index contributed by atoms with van der Waals surface area (Å²) < 4.78 is 5.00. The summed E-state index contributed by atoms with van der Waals surface area (Å²) in [5.74, 6) is -0.497. The second kappa shape index (κ2) is 11.4. The number of nitrogens with one attached hydrogen (secondary N) is 1. The highest BCUT2D eigenvalue weighted by Gasteiger charge is 2.18. The quantitative estimate of drug-likeness (QED) is 0.350. The normalized spacial score (nSPS) is 13.5. The number of aryl methyl sites for hydroxylation is 1. The summed E-state index contributed by atoms with van der Waals surface area (Å²) in [5.41, 5.74) is 3.60. The Morgan fingerprint density at radius 3 is 2.53 bits per heavy atom. The molecular formula is C24H27N5O3S2. The number of benzene rings is 1. The Hall–Kier alpha value is -2.98. The predicted molar refractivity (Wildman–Crippen MR) is 136 cm³/mol. The van der Waals surface area contributed by atoms with Crippen molar-refractivity contribution in [1.82, 2.24) is 15.2 Å². The van der Waals surface area contributed by atoms with Crippen LogP contribution in [0.5, 0.6) is 0 Å². The monoisotopic (exact) mass is 497 g/mol. The van der Waals surface area contributed by atoms with Gasteiger partial charge in [0.1, 0.15) is 9.90 Å². The van der Waals surface area contributed by atoms with E-state index in [1.165, 1.54) is 36.7 Å². The maximum atomic E-state index is 12.3. The number of carbonyl (C=O) groups is 2. The average Bonchev–Trinajstić information content (AvgIpc) is 3.23. The molecular weight excluding hydrogens is 470 g/mol. The fraction of sp³-hybridized carbons (Fsp3) is 0.375. The van der Waals surface area contributed by atoms with Crippen molar-refractivity contribution in [1.29, 1.82) is 0 Å². The number of rotatable bonds is 8. The molecule has 0 unspecified atom stereocenters. The summed E-state index contributed by atoms with van der Waals surface area (Å²) >= 11 is 2.40. The number of piperidine rings is 1. The van der Waals surface area contributed by atoms with Crippen molar-refractivity contribution in [3.8, 4) is 11.3 Å². The van der Waals surface area contributed by atoms with Crippen LogP contribution in [0.4, 0.5) is 10.8 Å². The minimum Gasteiger partial charge on any atom is -0.462 e. The number of thiazole rings is 1. The van der Waals surface area contributed by atoms with Crippen LogP contribution in [0.25, 0.3) is 11.3 Å². The van der Waals surface area contributed by atoms with Gasteiger partial charge in [-0.1, -0.05) is 35.2 Å². The van der Waals surface area contributed by atoms with Crippen LogP contribution in [-0.2, 0) is 9.53 Å². The number of anilines is 2. The first-order valence-electron chi connectivity index (χ1n) is 11.3. The van der Waals surface area contributed by atoms with Gasteiger partial charge >= 0.3 is 5.97 Å². The largest absolute Gasteiger partial charge is 0.462 e. The molecule has 3 aromatic rings. The lowest BCUT2D eigenvalue weighted by Crippen LogP contribution is -2.29. The lowest BCUT2D eigenvalue weighted by Gasteiger charge is -2.28. The fourth-order valence-electron chi connectivity index (χ4n) is 3.68. The van der Waals surface area contributed by atoms with Crippen LogP contribution in [0.1, 0.15) is 41.6 Å². The Morgan fingerprint density at radius 1 is 1.09 bits per heavy atom. The first-order chi connectivity index (χ1) is 16.5. The summed E-state index contributed by atoms with van der Waals surface area (Å²) in [6.45, 7) is 5.99. The molecule has 34 heavy (non-hydrogen) atoms. The summed E-state index contributed by atoms with van der Waals surface area (Å²) in [6.07, 6.45) is 3.82. The van der Waals surface area contributed by atoms with Gasteiger partial charge in [-0.2, -0.15) is 0 Å². The van der Waals surface area contributed by atoms with E-state index in [0.717, 1.165) is 35.7 Å². The minimum atomic E-state index is -0.427. The second-order valence-corrected chi connectivity index (χ2v) is 9.84. The standard InChI is InChI=1S/C24H27N5O3S2/c1-3-32-23(31)22-16(2)25-24(34-22)26-20(30)15-33-21-12-11-19(27-28-21)17-7-9-18(10-8-17)29-13-5-4-6-14-29/h7-12H,3-6,13-15H2,1-2H3,(H,25,26,30). The molecule has 3 heterocycles. The smallest absolute Gasteiger partial charge is 0.350 e. The zero-order valence-corrected chi connectivity index (χ0v) is 20.9. The average molecular weight is 498 g/mol. The number of hydrogen-bond acceptors (Lipinski definition) is 9. The Bertz CT molecular complexity index is 1130. The number of hydrogen-bond donors (Lipinski definition) is 1. The highest BCUT2D eigenvalue weighted by Crippen LogP contribution is 2.26. The number of nitrogens with zero attached hydrogens (tertiary/aromatic N) is 4. The molecule has 0 atom stereocenters. The molecule has 2 aromatic heterocycles. The van der Waals surface area contributed by atoms with Gasteiger partial charge in [-0.25, -0.2) is 9.78 Å². The molecule has 0 spiro atoms. The van der Waals surface area contributed by atoms with Crippen LogP contribution in [0.2, 0.25) is 0 Å². The van der Waals surface area contributed by atoms with Gasteiger partial charge in [0, 0.05) is 24.3 Å². The summed E-state index contributed by atoms with van der Waals surface area (Å²) in [4.78, 5) is 31.3. The third-order valence-corrected chi connectivity index (χ3v) is 7.35. The lowest BCUT2D eigenvalue weighted by atomic mass is 10.1. The lowest BCUT2D eigenvalue weighted by molar-refractivity contribution is -0.113. The van der Waals surface area contributed by atoms with E-state index in [-0.39, 0.29) is 18.3 Å². The Kier molecular flexibility index (Phi) is 8.12. The zero-order chi connectivity index (χ0) is 23.9. The van der Waals surface area contributed by atoms with E-state index in [9.17, 15) is 9.59 Å². The topological polar surface area (TPSA) is 97.3 Å². The molecule has 178 valence electrons. The highest BCUT2D eigenvalue weighted by molar-refractivity contribution is 7.99. The number of esters is 1. The maximum Gasteiger partial charge on any atom is 0.350 e. The van der Waals surface area contributed by atoms with Gasteiger partial charge in [0.15, 0.2) is 5.13 Å². The van der Waals surface area contributed by atoms with E-state index in [0.29, 0.717) is 20.7 Å². The molecule has 1 N–H and O–H groups in total. The van der Waals surface area contributed by atoms with E-state index in [1.807, 2.05) is 12.1 Å².